The second-order valence-corrected chi connectivity index (χ2v) is 8.15. The standard InChI is InChI=1S/C16H21FN6O3S.ClH/c1-10-3-4-13(17)15(5-10)27(25,26)20-7-11-9-23(22-21-11)12-6-14(19-8-12)16(24)18-2;/h3-5,9,12,14,19-20H,6-8H2,1-2H3,(H,18,24);1H/t12-,14-;/m0./s1. The molecule has 1 aromatic carbocycles. The lowest BCUT2D eigenvalue weighted by atomic mass is 10.1. The maximum Gasteiger partial charge on any atom is 0.243 e. The van der Waals surface area contributed by atoms with Crippen molar-refractivity contribution in [2.24, 2.45) is 0 Å². The fraction of sp³-hybridized carbons (Fsp3) is 0.438. The molecule has 1 amide bonds. The van der Waals surface area contributed by atoms with Gasteiger partial charge in [0.15, 0.2) is 0 Å². The van der Waals surface area contributed by atoms with E-state index in [4.69, 9.17) is 0 Å². The van der Waals surface area contributed by atoms with Gasteiger partial charge in [0.05, 0.1) is 30.5 Å². The lowest BCUT2D eigenvalue weighted by Gasteiger charge is -2.09. The number of aryl methyl sites for hydroxylation is 1. The van der Waals surface area contributed by atoms with Gasteiger partial charge in [0, 0.05) is 13.6 Å². The molecule has 1 saturated heterocycles. The normalized spacial score (nSPS) is 19.2. The molecule has 0 radical (unpaired) electrons. The van der Waals surface area contributed by atoms with E-state index in [9.17, 15) is 17.6 Å². The van der Waals surface area contributed by atoms with E-state index in [2.05, 4.69) is 25.7 Å². The highest BCUT2D eigenvalue weighted by Gasteiger charge is 2.30. The number of amides is 1. The summed E-state index contributed by atoms with van der Waals surface area (Å²) in [5.41, 5.74) is 1.04. The second kappa shape index (κ2) is 8.95. The first-order valence-corrected chi connectivity index (χ1v) is 9.90. The third kappa shape index (κ3) is 4.85. The number of halogens is 2. The number of carbonyl (C=O) groups is 1. The summed E-state index contributed by atoms with van der Waals surface area (Å²) in [4.78, 5) is 11.3. The fourth-order valence-electron chi connectivity index (χ4n) is 2.93. The van der Waals surface area contributed by atoms with Crippen molar-refractivity contribution in [1.82, 2.24) is 30.3 Å². The highest BCUT2D eigenvalue weighted by Crippen LogP contribution is 2.19. The molecule has 12 heteroatoms. The molecular weight excluding hydrogens is 411 g/mol. The van der Waals surface area contributed by atoms with Crippen LogP contribution in [0.25, 0.3) is 0 Å². The van der Waals surface area contributed by atoms with E-state index < -0.39 is 20.7 Å². The first kappa shape index (κ1) is 22.2. The number of sulfonamides is 1. The molecule has 0 bridgehead atoms. The predicted molar refractivity (Wildman–Crippen MR) is 102 cm³/mol. The van der Waals surface area contributed by atoms with Crippen molar-refractivity contribution in [3.8, 4) is 0 Å². The minimum absolute atomic E-state index is 0. The largest absolute Gasteiger partial charge is 0.358 e. The van der Waals surface area contributed by atoms with Crippen LogP contribution in [0.1, 0.15) is 23.7 Å². The van der Waals surface area contributed by atoms with Gasteiger partial charge in [-0.2, -0.15) is 0 Å². The summed E-state index contributed by atoms with van der Waals surface area (Å²) in [5.74, 6) is -0.903. The molecule has 2 heterocycles. The Labute approximate surface area is 168 Å². The van der Waals surface area contributed by atoms with Crippen LogP contribution in [0.2, 0.25) is 0 Å². The Morgan fingerprint density at radius 3 is 2.89 bits per heavy atom. The van der Waals surface area contributed by atoms with Gasteiger partial charge in [-0.25, -0.2) is 22.2 Å². The molecule has 154 valence electrons. The number of aromatic nitrogens is 3. The van der Waals surface area contributed by atoms with Gasteiger partial charge in [-0.15, -0.1) is 17.5 Å². The third-order valence-corrected chi connectivity index (χ3v) is 5.84. The van der Waals surface area contributed by atoms with E-state index in [1.165, 1.54) is 12.1 Å². The number of likely N-dealkylation sites (N-methyl/N-ethyl adjacent to an activating group) is 1. The summed E-state index contributed by atoms with van der Waals surface area (Å²) in [6.07, 6.45) is 2.18. The summed E-state index contributed by atoms with van der Waals surface area (Å²) in [6, 6.07) is 3.55. The molecular formula is C16H22ClFN6O3S. The minimum atomic E-state index is -4.01. The fourth-order valence-corrected chi connectivity index (χ4v) is 4.09. The van der Waals surface area contributed by atoms with Gasteiger partial charge in [-0.3, -0.25) is 4.79 Å². The monoisotopic (exact) mass is 432 g/mol. The molecule has 3 rings (SSSR count). The zero-order chi connectivity index (χ0) is 19.6. The van der Waals surface area contributed by atoms with Crippen molar-refractivity contribution in [3.63, 3.8) is 0 Å². The van der Waals surface area contributed by atoms with E-state index in [1.54, 1.807) is 24.9 Å². The lowest BCUT2D eigenvalue weighted by molar-refractivity contribution is -0.122. The van der Waals surface area contributed by atoms with Crippen molar-refractivity contribution in [2.75, 3.05) is 13.6 Å². The van der Waals surface area contributed by atoms with Crippen LogP contribution in [0.4, 0.5) is 4.39 Å². The minimum Gasteiger partial charge on any atom is -0.358 e. The Hall–Kier alpha value is -2.08. The van der Waals surface area contributed by atoms with Crippen LogP contribution in [0.5, 0.6) is 0 Å². The van der Waals surface area contributed by atoms with E-state index in [0.717, 1.165) is 6.07 Å². The average Bonchev–Trinajstić information content (AvgIpc) is 3.30. The summed E-state index contributed by atoms with van der Waals surface area (Å²) in [7, 11) is -2.43. The van der Waals surface area contributed by atoms with Crippen LogP contribution >= 0.6 is 12.4 Å². The second-order valence-electron chi connectivity index (χ2n) is 6.41. The van der Waals surface area contributed by atoms with Gasteiger partial charge in [0.2, 0.25) is 15.9 Å². The van der Waals surface area contributed by atoms with Crippen LogP contribution < -0.4 is 15.4 Å². The van der Waals surface area contributed by atoms with E-state index in [0.29, 0.717) is 24.2 Å². The maximum absolute atomic E-state index is 13.8. The SMILES string of the molecule is CNC(=O)[C@@H]1C[C@H](n2cc(CNS(=O)(=O)c3cc(C)ccc3F)nn2)CN1.Cl. The number of nitrogens with one attached hydrogen (secondary N) is 3. The molecule has 1 fully saturated rings. The number of benzene rings is 1. The van der Waals surface area contributed by atoms with Crippen LogP contribution in [-0.4, -0.2) is 49.0 Å². The third-order valence-electron chi connectivity index (χ3n) is 4.42. The topological polar surface area (TPSA) is 118 Å². The molecule has 1 aliphatic rings. The van der Waals surface area contributed by atoms with Crippen LogP contribution in [-0.2, 0) is 21.4 Å². The molecule has 0 spiro atoms. The summed E-state index contributed by atoms with van der Waals surface area (Å²) in [6.45, 7) is 2.13. The number of carbonyl (C=O) groups excluding carboxylic acids is 1. The smallest absolute Gasteiger partial charge is 0.243 e. The molecule has 0 aliphatic carbocycles. The van der Waals surface area contributed by atoms with Crippen molar-refractivity contribution in [2.45, 2.75) is 36.9 Å². The lowest BCUT2D eigenvalue weighted by Crippen LogP contribution is -2.38. The predicted octanol–water partition coefficient (Wildman–Crippen LogP) is 0.275. The quantitative estimate of drug-likeness (QED) is 0.603. The molecule has 0 saturated carbocycles. The maximum atomic E-state index is 13.8. The first-order valence-electron chi connectivity index (χ1n) is 8.41. The number of nitrogens with zero attached hydrogens (tertiary/aromatic N) is 3. The van der Waals surface area contributed by atoms with E-state index in [-0.39, 0.29) is 36.9 Å². The van der Waals surface area contributed by atoms with Gasteiger partial charge in [-0.05, 0) is 31.0 Å². The van der Waals surface area contributed by atoms with E-state index in [1.807, 2.05) is 0 Å². The summed E-state index contributed by atoms with van der Waals surface area (Å²) >= 11 is 0. The Balaban J connectivity index is 0.00000280. The molecule has 1 aliphatic heterocycles. The van der Waals surface area contributed by atoms with Crippen molar-refractivity contribution >= 4 is 28.3 Å². The molecule has 28 heavy (non-hydrogen) atoms. The molecule has 0 unspecified atom stereocenters. The molecule has 9 nitrogen and oxygen atoms in total. The highest BCUT2D eigenvalue weighted by molar-refractivity contribution is 7.89. The van der Waals surface area contributed by atoms with Gasteiger partial charge >= 0.3 is 0 Å². The van der Waals surface area contributed by atoms with Gasteiger partial charge in [0.1, 0.15) is 10.7 Å². The molecule has 2 aromatic rings. The number of rotatable bonds is 6. The van der Waals surface area contributed by atoms with Crippen LogP contribution in [0.3, 0.4) is 0 Å². The Morgan fingerprint density at radius 2 is 2.18 bits per heavy atom. The number of hydrogen-bond donors (Lipinski definition) is 3. The van der Waals surface area contributed by atoms with Crippen molar-refractivity contribution < 1.29 is 17.6 Å². The molecule has 1 aromatic heterocycles. The Morgan fingerprint density at radius 1 is 1.43 bits per heavy atom. The van der Waals surface area contributed by atoms with Gasteiger partial charge in [0.25, 0.3) is 0 Å². The van der Waals surface area contributed by atoms with Crippen molar-refractivity contribution in [3.05, 3.63) is 41.5 Å². The first-order chi connectivity index (χ1) is 12.8. The summed E-state index contributed by atoms with van der Waals surface area (Å²) < 4.78 is 42.4. The van der Waals surface area contributed by atoms with E-state index >= 15 is 0 Å². The molecule has 2 atom stereocenters. The van der Waals surface area contributed by atoms with Gasteiger partial charge < -0.3 is 10.6 Å². The van der Waals surface area contributed by atoms with Crippen molar-refractivity contribution in [1.29, 1.82) is 0 Å². The zero-order valence-electron chi connectivity index (χ0n) is 15.3. The number of hydrogen-bond acceptors (Lipinski definition) is 6. The van der Waals surface area contributed by atoms with Gasteiger partial charge in [-0.1, -0.05) is 11.3 Å². The molecule has 3 N–H and O–H groups in total. The van der Waals surface area contributed by atoms with Crippen LogP contribution in [0.15, 0.2) is 29.3 Å². The Bertz CT molecular complexity index is 952. The summed E-state index contributed by atoms with van der Waals surface area (Å²) in [5, 5.41) is 13.7. The van der Waals surface area contributed by atoms with Crippen LogP contribution in [0, 0.1) is 12.7 Å². The highest BCUT2D eigenvalue weighted by atomic mass is 35.5. The zero-order valence-corrected chi connectivity index (χ0v) is 17.0. The Kier molecular flexibility index (Phi) is 7.10. The average molecular weight is 433 g/mol.